The molecule has 2 aromatic heterocycles. The molecule has 0 spiro atoms. The van der Waals surface area contributed by atoms with Crippen molar-refractivity contribution in [2.45, 2.75) is 12.2 Å². The minimum absolute atomic E-state index is 0.220. The van der Waals surface area contributed by atoms with E-state index in [1.54, 1.807) is 0 Å². The third kappa shape index (κ3) is 2.09. The normalized spacial score (nSPS) is 14.9. The Morgan fingerprint density at radius 2 is 1.19 bits per heavy atom. The molecule has 0 aromatic carbocycles. The predicted octanol–water partition coefficient (Wildman–Crippen LogP) is -0.679. The standard InChI is InChI=1S/C6H8N6O2S2/c7-5-11-9-3(15-5)1(13)2(14)4-10-12-6(8)16-4/h1-2,13-14H,(H2,7,11)(H2,8,12)/t1-,2-/m1/s1. The lowest BCUT2D eigenvalue weighted by molar-refractivity contribution is 0.0162. The Morgan fingerprint density at radius 3 is 1.44 bits per heavy atom. The Bertz CT molecular complexity index is 441. The Kier molecular flexibility index (Phi) is 2.96. The van der Waals surface area contributed by atoms with Crippen LogP contribution in [0.4, 0.5) is 10.3 Å². The lowest BCUT2D eigenvalue weighted by Gasteiger charge is -2.11. The maximum absolute atomic E-state index is 9.77. The third-order valence-corrected chi connectivity index (χ3v) is 3.36. The van der Waals surface area contributed by atoms with Crippen molar-refractivity contribution in [2.75, 3.05) is 11.5 Å². The lowest BCUT2D eigenvalue weighted by Crippen LogP contribution is -2.10. The number of aliphatic hydroxyl groups excluding tert-OH is 2. The third-order valence-electron chi connectivity index (χ3n) is 1.72. The summed E-state index contributed by atoms with van der Waals surface area (Å²) in [4.78, 5) is 0. The van der Waals surface area contributed by atoms with Crippen LogP contribution in [0.25, 0.3) is 0 Å². The van der Waals surface area contributed by atoms with Crippen molar-refractivity contribution in [1.29, 1.82) is 0 Å². The summed E-state index contributed by atoms with van der Waals surface area (Å²) in [6, 6.07) is 0. The number of nitrogen functional groups attached to an aromatic ring is 2. The molecular formula is C6H8N6O2S2. The summed E-state index contributed by atoms with van der Waals surface area (Å²) < 4.78 is 0. The predicted molar refractivity (Wildman–Crippen MR) is 58.6 cm³/mol. The SMILES string of the molecule is Nc1nnc([C@H](O)[C@@H](O)c2nnc(N)s2)s1. The van der Waals surface area contributed by atoms with Crippen molar-refractivity contribution in [3.63, 3.8) is 0 Å². The van der Waals surface area contributed by atoms with Gasteiger partial charge in [0.1, 0.15) is 12.2 Å². The second-order valence-corrected chi connectivity index (χ2v) is 4.93. The minimum atomic E-state index is -1.23. The van der Waals surface area contributed by atoms with E-state index >= 15 is 0 Å². The molecule has 0 unspecified atom stereocenters. The van der Waals surface area contributed by atoms with Gasteiger partial charge in [-0.1, -0.05) is 22.7 Å². The summed E-state index contributed by atoms with van der Waals surface area (Å²) in [7, 11) is 0. The van der Waals surface area contributed by atoms with Crippen LogP contribution in [-0.4, -0.2) is 30.6 Å². The zero-order valence-electron chi connectivity index (χ0n) is 7.81. The fourth-order valence-corrected chi connectivity index (χ4v) is 2.26. The molecule has 6 N–H and O–H groups in total. The average molecular weight is 260 g/mol. The van der Waals surface area contributed by atoms with Gasteiger partial charge in [0, 0.05) is 0 Å². The quantitative estimate of drug-likeness (QED) is 0.568. The molecule has 0 fully saturated rings. The summed E-state index contributed by atoms with van der Waals surface area (Å²) in [5.74, 6) is 0. The van der Waals surface area contributed by atoms with E-state index in [2.05, 4.69) is 20.4 Å². The number of rotatable bonds is 3. The van der Waals surface area contributed by atoms with Crippen LogP contribution in [0.3, 0.4) is 0 Å². The highest BCUT2D eigenvalue weighted by Crippen LogP contribution is 2.32. The van der Waals surface area contributed by atoms with Gasteiger partial charge in [-0.15, -0.1) is 20.4 Å². The maximum atomic E-state index is 9.77. The zero-order chi connectivity index (χ0) is 11.7. The molecule has 0 radical (unpaired) electrons. The Hall–Kier alpha value is -1.36. The van der Waals surface area contributed by atoms with Crippen LogP contribution in [0.2, 0.25) is 0 Å². The van der Waals surface area contributed by atoms with Gasteiger partial charge in [-0.25, -0.2) is 0 Å². The van der Waals surface area contributed by atoms with Crippen LogP contribution in [-0.2, 0) is 0 Å². The van der Waals surface area contributed by atoms with E-state index in [4.69, 9.17) is 11.5 Å². The minimum Gasteiger partial charge on any atom is -0.383 e. The molecule has 2 heterocycles. The van der Waals surface area contributed by atoms with Crippen LogP contribution in [0, 0.1) is 0 Å². The molecule has 0 saturated carbocycles. The monoisotopic (exact) mass is 260 g/mol. The van der Waals surface area contributed by atoms with Crippen LogP contribution in [0.5, 0.6) is 0 Å². The van der Waals surface area contributed by atoms with Crippen LogP contribution in [0.1, 0.15) is 22.2 Å². The number of aromatic nitrogens is 4. The van der Waals surface area contributed by atoms with Gasteiger partial charge in [0.15, 0.2) is 10.0 Å². The number of hydrogen-bond acceptors (Lipinski definition) is 10. The summed E-state index contributed by atoms with van der Waals surface area (Å²) in [5.41, 5.74) is 10.7. The molecule has 0 aliphatic carbocycles. The van der Waals surface area contributed by atoms with Gasteiger partial charge in [0.05, 0.1) is 0 Å². The molecule has 2 aromatic rings. The van der Waals surface area contributed by atoms with E-state index in [-0.39, 0.29) is 20.3 Å². The van der Waals surface area contributed by atoms with Crippen LogP contribution < -0.4 is 11.5 Å². The van der Waals surface area contributed by atoms with E-state index in [0.29, 0.717) is 0 Å². The van der Waals surface area contributed by atoms with E-state index in [0.717, 1.165) is 22.7 Å². The molecule has 2 rings (SSSR count). The summed E-state index contributed by atoms with van der Waals surface area (Å²) in [6.45, 7) is 0. The Morgan fingerprint density at radius 1 is 0.812 bits per heavy atom. The van der Waals surface area contributed by atoms with E-state index in [1.165, 1.54) is 0 Å². The first-order valence-electron chi connectivity index (χ1n) is 4.12. The number of hydrogen-bond donors (Lipinski definition) is 4. The summed E-state index contributed by atoms with van der Waals surface area (Å²) in [5, 5.41) is 34.7. The maximum Gasteiger partial charge on any atom is 0.203 e. The smallest absolute Gasteiger partial charge is 0.203 e. The second-order valence-electron chi connectivity index (χ2n) is 2.85. The first-order chi connectivity index (χ1) is 7.58. The first-order valence-corrected chi connectivity index (χ1v) is 5.75. The van der Waals surface area contributed by atoms with Gasteiger partial charge >= 0.3 is 0 Å². The number of aliphatic hydroxyl groups is 2. The van der Waals surface area contributed by atoms with Gasteiger partial charge in [-0.05, 0) is 0 Å². The van der Waals surface area contributed by atoms with Crippen molar-refractivity contribution < 1.29 is 10.2 Å². The zero-order valence-corrected chi connectivity index (χ0v) is 9.44. The van der Waals surface area contributed by atoms with Crippen molar-refractivity contribution in [1.82, 2.24) is 20.4 Å². The molecular weight excluding hydrogens is 252 g/mol. The van der Waals surface area contributed by atoms with Gasteiger partial charge in [-0.3, -0.25) is 0 Å². The first kappa shape index (κ1) is 11.1. The number of nitrogens with zero attached hydrogens (tertiary/aromatic N) is 4. The van der Waals surface area contributed by atoms with Crippen molar-refractivity contribution in [3.05, 3.63) is 10.0 Å². The molecule has 0 saturated heterocycles. The van der Waals surface area contributed by atoms with E-state index in [1.807, 2.05) is 0 Å². The fraction of sp³-hybridized carbons (Fsp3) is 0.333. The van der Waals surface area contributed by atoms with E-state index in [9.17, 15) is 10.2 Å². The molecule has 0 amide bonds. The lowest BCUT2D eigenvalue weighted by atomic mass is 10.2. The molecule has 16 heavy (non-hydrogen) atoms. The highest BCUT2D eigenvalue weighted by Gasteiger charge is 2.26. The van der Waals surface area contributed by atoms with Gasteiger partial charge in [0.25, 0.3) is 0 Å². The van der Waals surface area contributed by atoms with Gasteiger partial charge < -0.3 is 21.7 Å². The number of nitrogens with two attached hydrogens (primary N) is 2. The highest BCUT2D eigenvalue weighted by molar-refractivity contribution is 7.15. The van der Waals surface area contributed by atoms with Crippen molar-refractivity contribution in [3.8, 4) is 0 Å². The van der Waals surface area contributed by atoms with Crippen molar-refractivity contribution >= 4 is 32.9 Å². The molecule has 0 aliphatic rings. The molecule has 10 heteroatoms. The number of anilines is 2. The summed E-state index contributed by atoms with van der Waals surface area (Å²) >= 11 is 1.99. The molecule has 2 atom stereocenters. The van der Waals surface area contributed by atoms with E-state index < -0.39 is 12.2 Å². The second kappa shape index (κ2) is 4.25. The van der Waals surface area contributed by atoms with Crippen LogP contribution in [0.15, 0.2) is 0 Å². The van der Waals surface area contributed by atoms with Gasteiger partial charge in [0.2, 0.25) is 10.3 Å². The van der Waals surface area contributed by atoms with Gasteiger partial charge in [-0.2, -0.15) is 0 Å². The largest absolute Gasteiger partial charge is 0.383 e. The van der Waals surface area contributed by atoms with Crippen LogP contribution >= 0.6 is 22.7 Å². The Balaban J connectivity index is 2.19. The Labute approximate surface area is 97.6 Å². The molecule has 86 valence electrons. The fourth-order valence-electron chi connectivity index (χ4n) is 1.00. The highest BCUT2D eigenvalue weighted by atomic mass is 32.1. The average Bonchev–Trinajstić information content (AvgIpc) is 2.85. The topological polar surface area (TPSA) is 144 Å². The summed E-state index contributed by atoms with van der Waals surface area (Å²) in [6.07, 6.45) is -2.47. The molecule has 0 aliphatic heterocycles. The molecule has 0 bridgehead atoms. The molecule has 8 nitrogen and oxygen atoms in total. The van der Waals surface area contributed by atoms with Crippen molar-refractivity contribution in [2.24, 2.45) is 0 Å².